The second-order valence-electron chi connectivity index (χ2n) is 8.69. The average Bonchev–Trinajstić information content (AvgIpc) is 3.35. The molecule has 1 unspecified atom stereocenters. The van der Waals surface area contributed by atoms with E-state index in [1.165, 1.54) is 0 Å². The summed E-state index contributed by atoms with van der Waals surface area (Å²) >= 11 is 1.03. The van der Waals surface area contributed by atoms with Crippen molar-refractivity contribution < 1.29 is 24.2 Å². The van der Waals surface area contributed by atoms with E-state index in [4.69, 9.17) is 14.5 Å². The van der Waals surface area contributed by atoms with E-state index in [0.29, 0.717) is 23.7 Å². The van der Waals surface area contributed by atoms with Crippen LogP contribution in [-0.4, -0.2) is 31.1 Å². The zero-order valence-corrected chi connectivity index (χ0v) is 22.1. The van der Waals surface area contributed by atoms with Crippen molar-refractivity contribution in [1.29, 1.82) is 0 Å². The second kappa shape index (κ2) is 10.7. The summed E-state index contributed by atoms with van der Waals surface area (Å²) in [4.78, 5) is 27.8. The highest BCUT2D eigenvalue weighted by Gasteiger charge is 2.31. The largest absolute Gasteiger partial charge is 0.508 e. The average molecular weight is 540 g/mol. The Morgan fingerprint density at radius 3 is 2.46 bits per heavy atom. The molecule has 0 aliphatic carbocycles. The first kappa shape index (κ1) is 26.4. The highest BCUT2D eigenvalue weighted by molar-refractivity contribution is 8.15. The van der Waals surface area contributed by atoms with E-state index >= 15 is 0 Å². The lowest BCUT2D eigenvalue weighted by atomic mass is 10.1. The molecule has 10 heteroatoms. The molecule has 1 atom stereocenters. The Balaban J connectivity index is 0.00000320. The van der Waals surface area contributed by atoms with Crippen molar-refractivity contribution in [3.05, 3.63) is 77.1 Å². The van der Waals surface area contributed by atoms with Crippen LogP contribution in [0.3, 0.4) is 0 Å². The van der Waals surface area contributed by atoms with Crippen LogP contribution >= 0.6 is 24.2 Å². The van der Waals surface area contributed by atoms with Crippen LogP contribution in [0.1, 0.15) is 22.5 Å². The van der Waals surface area contributed by atoms with Gasteiger partial charge in [0, 0.05) is 13.1 Å². The van der Waals surface area contributed by atoms with Gasteiger partial charge in [0.25, 0.3) is 5.24 Å². The van der Waals surface area contributed by atoms with E-state index in [9.17, 15) is 14.7 Å². The van der Waals surface area contributed by atoms with Gasteiger partial charge >= 0.3 is 0 Å². The van der Waals surface area contributed by atoms with Crippen molar-refractivity contribution in [3.8, 4) is 23.0 Å². The van der Waals surface area contributed by atoms with E-state index in [-0.39, 0.29) is 41.2 Å². The molecule has 37 heavy (non-hydrogen) atoms. The zero-order chi connectivity index (χ0) is 25.4. The fourth-order valence-corrected chi connectivity index (χ4v) is 4.90. The van der Waals surface area contributed by atoms with Gasteiger partial charge in [-0.2, -0.15) is 0 Å². The van der Waals surface area contributed by atoms with Gasteiger partial charge in [0.15, 0.2) is 0 Å². The van der Waals surface area contributed by atoms with Crippen LogP contribution < -0.4 is 14.8 Å². The van der Waals surface area contributed by atoms with E-state index < -0.39 is 0 Å². The lowest BCUT2D eigenvalue weighted by Gasteiger charge is -2.12. The van der Waals surface area contributed by atoms with Crippen molar-refractivity contribution in [1.82, 2.24) is 14.9 Å². The minimum absolute atomic E-state index is 0. The summed E-state index contributed by atoms with van der Waals surface area (Å²) in [6.07, 6.45) is 0.487. The molecule has 8 nitrogen and oxygen atoms in total. The van der Waals surface area contributed by atoms with Crippen molar-refractivity contribution in [2.45, 2.75) is 32.1 Å². The first-order valence-corrected chi connectivity index (χ1v) is 12.3. The molecule has 2 N–H and O–H groups in total. The zero-order valence-electron chi connectivity index (χ0n) is 20.5. The van der Waals surface area contributed by atoms with Crippen LogP contribution in [-0.2, 0) is 24.9 Å². The molecule has 1 aliphatic rings. The van der Waals surface area contributed by atoms with Gasteiger partial charge in [-0.05, 0) is 73.4 Å². The monoisotopic (exact) mass is 539 g/mol. The third kappa shape index (κ3) is 5.52. The molecule has 1 saturated heterocycles. The first-order valence-electron chi connectivity index (χ1n) is 11.4. The number of aryl methyl sites for hydroxylation is 1. The van der Waals surface area contributed by atoms with Crippen LogP contribution in [0.5, 0.6) is 23.0 Å². The third-order valence-electron chi connectivity index (χ3n) is 6.36. The molecule has 2 heterocycles. The number of ether oxygens (including phenoxy) is 2. The molecule has 5 rings (SSSR count). The number of carbonyl (C=O) groups is 2. The molecule has 4 aromatic rings. The molecule has 0 radical (unpaired) electrons. The number of imidazole rings is 1. The van der Waals surface area contributed by atoms with Gasteiger partial charge < -0.3 is 19.1 Å². The number of amides is 2. The molecular formula is C27H26ClN3O5S. The number of imide groups is 1. The number of fused-ring (bicyclic) bond motifs is 1. The number of aromatic hydroxyl groups is 1. The lowest BCUT2D eigenvalue weighted by molar-refractivity contribution is -0.118. The van der Waals surface area contributed by atoms with Crippen molar-refractivity contribution in [2.75, 3.05) is 0 Å². The number of rotatable bonds is 7. The fourth-order valence-electron chi connectivity index (χ4n) is 4.04. The number of halogens is 1. The first-order chi connectivity index (χ1) is 17.3. The van der Waals surface area contributed by atoms with Crippen LogP contribution in [0.2, 0.25) is 0 Å². The summed E-state index contributed by atoms with van der Waals surface area (Å²) in [7, 11) is 1.93. The molecule has 2 amide bonds. The number of hydrogen-bond acceptors (Lipinski definition) is 7. The third-order valence-corrected chi connectivity index (χ3v) is 7.34. The maximum atomic E-state index is 11.8. The summed E-state index contributed by atoms with van der Waals surface area (Å²) in [5, 5.41) is 11.5. The van der Waals surface area contributed by atoms with Crippen molar-refractivity contribution in [3.63, 3.8) is 0 Å². The number of carbonyl (C=O) groups excluding carboxylic acids is 2. The number of phenolic OH excluding ortho intramolecular Hbond substituents is 1. The van der Waals surface area contributed by atoms with Gasteiger partial charge in [-0.25, -0.2) is 4.98 Å². The van der Waals surface area contributed by atoms with Gasteiger partial charge in [-0.1, -0.05) is 23.9 Å². The van der Waals surface area contributed by atoms with Crippen LogP contribution in [0.4, 0.5) is 4.79 Å². The molecule has 3 aromatic carbocycles. The Labute approximate surface area is 224 Å². The van der Waals surface area contributed by atoms with Crippen LogP contribution in [0.25, 0.3) is 11.0 Å². The summed E-state index contributed by atoms with van der Waals surface area (Å²) in [6, 6.07) is 16.6. The minimum Gasteiger partial charge on any atom is -0.508 e. The number of phenols is 1. The molecule has 1 aromatic heterocycles. The Kier molecular flexibility index (Phi) is 7.65. The Hall–Kier alpha value is -3.69. The number of hydrogen-bond donors (Lipinski definition) is 2. The summed E-state index contributed by atoms with van der Waals surface area (Å²) in [6.45, 7) is 4.06. The number of thioether (sulfide) groups is 1. The van der Waals surface area contributed by atoms with Gasteiger partial charge in [-0.3, -0.25) is 14.9 Å². The number of benzene rings is 3. The van der Waals surface area contributed by atoms with Gasteiger partial charge in [0.05, 0.1) is 16.3 Å². The summed E-state index contributed by atoms with van der Waals surface area (Å²) in [5.41, 5.74) is 4.38. The predicted molar refractivity (Wildman–Crippen MR) is 145 cm³/mol. The standard InChI is InChI=1S/C27H25N3O5S.ClH/c1-15-16(2)23(11-10-22(15)31)35-19-8-9-20-21(13-19)30(3)25(28-20)14-34-18-6-4-17(5-7-18)12-24-26(32)29-27(33)36-24;/h4-11,13,24,31H,12,14H2,1-3H3,(H,29,32,33);1H. The molecule has 0 saturated carbocycles. The summed E-state index contributed by atoms with van der Waals surface area (Å²) < 4.78 is 14.0. The molecular weight excluding hydrogens is 514 g/mol. The maximum absolute atomic E-state index is 11.8. The van der Waals surface area contributed by atoms with Crippen molar-refractivity contribution in [2.24, 2.45) is 7.05 Å². The van der Waals surface area contributed by atoms with E-state index in [0.717, 1.165) is 45.3 Å². The van der Waals surface area contributed by atoms with Gasteiger partial charge in [0.2, 0.25) is 5.91 Å². The molecule has 0 bridgehead atoms. The number of nitrogens with one attached hydrogen (secondary N) is 1. The SMILES string of the molecule is Cc1c(O)ccc(Oc2ccc3nc(COc4ccc(CC5SC(=O)NC5=O)cc4)n(C)c3c2)c1C.Cl. The molecule has 1 aliphatic heterocycles. The topological polar surface area (TPSA) is 103 Å². The number of nitrogens with zero attached hydrogens (tertiary/aromatic N) is 2. The van der Waals surface area contributed by atoms with Gasteiger partial charge in [-0.15, -0.1) is 12.4 Å². The van der Waals surface area contributed by atoms with Crippen LogP contribution in [0.15, 0.2) is 54.6 Å². The molecule has 0 spiro atoms. The maximum Gasteiger partial charge on any atom is 0.286 e. The minimum atomic E-state index is -0.389. The van der Waals surface area contributed by atoms with Crippen LogP contribution in [0, 0.1) is 13.8 Å². The number of aromatic nitrogens is 2. The quantitative estimate of drug-likeness (QED) is 0.316. The lowest BCUT2D eigenvalue weighted by Crippen LogP contribution is -2.25. The molecule has 192 valence electrons. The Morgan fingerprint density at radius 1 is 1.03 bits per heavy atom. The predicted octanol–water partition coefficient (Wildman–Crippen LogP) is 5.58. The van der Waals surface area contributed by atoms with Gasteiger partial charge in [0.1, 0.15) is 35.4 Å². The fraction of sp³-hybridized carbons (Fsp3) is 0.222. The second-order valence-corrected chi connectivity index (χ2v) is 9.87. The van der Waals surface area contributed by atoms with Crippen molar-refractivity contribution >= 4 is 46.3 Å². The smallest absolute Gasteiger partial charge is 0.286 e. The van der Waals surface area contributed by atoms with E-state index in [2.05, 4.69) is 5.32 Å². The van der Waals surface area contributed by atoms with E-state index in [1.54, 1.807) is 12.1 Å². The molecule has 1 fully saturated rings. The highest BCUT2D eigenvalue weighted by atomic mass is 35.5. The van der Waals surface area contributed by atoms with E-state index in [1.807, 2.05) is 67.9 Å². The normalized spacial score (nSPS) is 14.9. The Bertz CT molecular complexity index is 1490. The summed E-state index contributed by atoms with van der Waals surface area (Å²) in [5.74, 6) is 2.83. The Morgan fingerprint density at radius 2 is 1.76 bits per heavy atom. The highest BCUT2D eigenvalue weighted by Crippen LogP contribution is 2.33.